The van der Waals surface area contributed by atoms with Gasteiger partial charge in [0, 0.05) is 6.42 Å². The number of carbonyl (C=O) groups is 1. The molecule has 0 fully saturated rings. The molecule has 106 valence electrons. The van der Waals surface area contributed by atoms with Gasteiger partial charge in [-0.2, -0.15) is 0 Å². The standard InChI is InChI=1S/C15H23FN2O/c1-10(2)6-12(9-17)8-15(19)18-14-7-11(3)4-5-13(14)16/h4-5,7,10,12H,6,8-9,17H2,1-3H3,(H,18,19)/t12-/m0/s1. The molecule has 0 aliphatic heterocycles. The van der Waals surface area contributed by atoms with Crippen LogP contribution < -0.4 is 11.1 Å². The first-order chi connectivity index (χ1) is 8.92. The quantitative estimate of drug-likeness (QED) is 0.831. The van der Waals surface area contributed by atoms with Gasteiger partial charge in [-0.05, 0) is 49.4 Å². The highest BCUT2D eigenvalue weighted by Crippen LogP contribution is 2.18. The maximum absolute atomic E-state index is 13.5. The van der Waals surface area contributed by atoms with Crippen molar-refractivity contribution in [3.63, 3.8) is 0 Å². The fourth-order valence-electron chi connectivity index (χ4n) is 2.13. The minimum absolute atomic E-state index is 0.146. The van der Waals surface area contributed by atoms with Gasteiger partial charge >= 0.3 is 0 Å². The number of hydrogen-bond acceptors (Lipinski definition) is 2. The van der Waals surface area contributed by atoms with Crippen molar-refractivity contribution in [2.45, 2.75) is 33.6 Å². The summed E-state index contributed by atoms with van der Waals surface area (Å²) in [7, 11) is 0. The van der Waals surface area contributed by atoms with E-state index in [1.165, 1.54) is 6.07 Å². The lowest BCUT2D eigenvalue weighted by Crippen LogP contribution is -2.23. The molecule has 1 atom stereocenters. The van der Waals surface area contributed by atoms with Gasteiger partial charge in [-0.3, -0.25) is 4.79 Å². The Morgan fingerprint density at radius 3 is 2.68 bits per heavy atom. The molecular weight excluding hydrogens is 243 g/mol. The van der Waals surface area contributed by atoms with Gasteiger partial charge in [0.25, 0.3) is 0 Å². The first-order valence-corrected chi connectivity index (χ1v) is 6.68. The topological polar surface area (TPSA) is 55.1 Å². The number of nitrogens with two attached hydrogens (primary N) is 1. The van der Waals surface area contributed by atoms with Crippen molar-refractivity contribution in [1.29, 1.82) is 0 Å². The van der Waals surface area contributed by atoms with Crippen LogP contribution in [0.2, 0.25) is 0 Å². The fraction of sp³-hybridized carbons (Fsp3) is 0.533. The number of nitrogens with one attached hydrogen (secondary N) is 1. The number of rotatable bonds is 6. The average Bonchev–Trinajstić information content (AvgIpc) is 2.32. The average molecular weight is 266 g/mol. The van der Waals surface area contributed by atoms with Crippen molar-refractivity contribution in [3.8, 4) is 0 Å². The third-order valence-electron chi connectivity index (χ3n) is 3.01. The molecule has 0 saturated carbocycles. The SMILES string of the molecule is Cc1ccc(F)c(NC(=O)C[C@@H](CN)CC(C)C)c1. The van der Waals surface area contributed by atoms with Crippen LogP contribution in [0.5, 0.6) is 0 Å². The van der Waals surface area contributed by atoms with E-state index in [2.05, 4.69) is 19.2 Å². The lowest BCUT2D eigenvalue weighted by Gasteiger charge is -2.16. The van der Waals surface area contributed by atoms with Gasteiger partial charge in [0.2, 0.25) is 5.91 Å². The Morgan fingerprint density at radius 1 is 1.42 bits per heavy atom. The molecule has 1 rings (SSSR count). The van der Waals surface area contributed by atoms with Gasteiger partial charge in [-0.25, -0.2) is 4.39 Å². The number of anilines is 1. The largest absolute Gasteiger partial charge is 0.330 e. The lowest BCUT2D eigenvalue weighted by atomic mass is 9.94. The number of hydrogen-bond donors (Lipinski definition) is 2. The summed E-state index contributed by atoms with van der Waals surface area (Å²) >= 11 is 0. The Balaban J connectivity index is 2.61. The summed E-state index contributed by atoms with van der Waals surface area (Å²) in [5.74, 6) is 0.0534. The second-order valence-electron chi connectivity index (χ2n) is 5.47. The van der Waals surface area contributed by atoms with Crippen molar-refractivity contribution >= 4 is 11.6 Å². The summed E-state index contributed by atoms with van der Waals surface area (Å²) in [5.41, 5.74) is 6.82. The Kier molecular flexibility index (Phi) is 5.96. The summed E-state index contributed by atoms with van der Waals surface area (Å²) in [4.78, 5) is 11.9. The molecule has 0 aliphatic rings. The van der Waals surface area contributed by atoms with Crippen LogP contribution in [0.3, 0.4) is 0 Å². The van der Waals surface area contributed by atoms with E-state index in [1.807, 2.05) is 6.92 Å². The summed E-state index contributed by atoms with van der Waals surface area (Å²) in [6.07, 6.45) is 1.24. The molecule has 0 radical (unpaired) electrons. The summed E-state index contributed by atoms with van der Waals surface area (Å²) in [5, 5.41) is 2.62. The second-order valence-corrected chi connectivity index (χ2v) is 5.47. The summed E-state index contributed by atoms with van der Waals surface area (Å²) in [6.45, 7) is 6.53. The van der Waals surface area contributed by atoms with Gasteiger partial charge < -0.3 is 11.1 Å². The van der Waals surface area contributed by atoms with Crippen LogP contribution in [0.4, 0.5) is 10.1 Å². The van der Waals surface area contributed by atoms with Crippen LogP contribution in [0.1, 0.15) is 32.3 Å². The maximum atomic E-state index is 13.5. The zero-order chi connectivity index (χ0) is 14.4. The van der Waals surface area contributed by atoms with E-state index in [9.17, 15) is 9.18 Å². The predicted molar refractivity (Wildman–Crippen MR) is 76.4 cm³/mol. The minimum Gasteiger partial charge on any atom is -0.330 e. The summed E-state index contributed by atoms with van der Waals surface area (Å²) in [6, 6.07) is 4.67. The molecule has 0 heterocycles. The Bertz CT molecular complexity index is 432. The molecule has 0 aromatic heterocycles. The fourth-order valence-corrected chi connectivity index (χ4v) is 2.13. The zero-order valence-electron chi connectivity index (χ0n) is 11.9. The third-order valence-corrected chi connectivity index (χ3v) is 3.01. The van der Waals surface area contributed by atoms with Crippen molar-refractivity contribution in [2.24, 2.45) is 17.6 Å². The van der Waals surface area contributed by atoms with Crippen molar-refractivity contribution in [1.82, 2.24) is 0 Å². The lowest BCUT2D eigenvalue weighted by molar-refractivity contribution is -0.117. The molecule has 0 unspecified atom stereocenters. The van der Waals surface area contributed by atoms with E-state index in [0.717, 1.165) is 12.0 Å². The molecule has 1 aromatic carbocycles. The van der Waals surface area contributed by atoms with E-state index in [1.54, 1.807) is 12.1 Å². The second kappa shape index (κ2) is 7.24. The Hall–Kier alpha value is -1.42. The predicted octanol–water partition coefficient (Wildman–Crippen LogP) is 3.08. The minimum atomic E-state index is -0.410. The normalized spacial score (nSPS) is 12.5. The maximum Gasteiger partial charge on any atom is 0.224 e. The van der Waals surface area contributed by atoms with E-state index < -0.39 is 5.82 Å². The number of halogens is 1. The van der Waals surface area contributed by atoms with Crippen molar-refractivity contribution in [3.05, 3.63) is 29.6 Å². The smallest absolute Gasteiger partial charge is 0.224 e. The molecule has 3 nitrogen and oxygen atoms in total. The molecule has 0 aliphatic carbocycles. The first-order valence-electron chi connectivity index (χ1n) is 6.68. The first kappa shape index (κ1) is 15.6. The molecule has 4 heteroatoms. The van der Waals surface area contributed by atoms with Crippen LogP contribution in [0, 0.1) is 24.6 Å². The van der Waals surface area contributed by atoms with E-state index >= 15 is 0 Å². The van der Waals surface area contributed by atoms with E-state index in [-0.39, 0.29) is 17.5 Å². The number of benzene rings is 1. The Morgan fingerprint density at radius 2 is 2.11 bits per heavy atom. The van der Waals surface area contributed by atoms with Crippen LogP contribution in [0.15, 0.2) is 18.2 Å². The van der Waals surface area contributed by atoms with Gasteiger partial charge in [0.15, 0.2) is 0 Å². The third kappa shape index (κ3) is 5.39. The molecule has 1 aromatic rings. The summed E-state index contributed by atoms with van der Waals surface area (Å²) < 4.78 is 13.5. The molecule has 1 amide bonds. The van der Waals surface area contributed by atoms with Gasteiger partial charge in [0.1, 0.15) is 5.82 Å². The molecular formula is C15H23FN2O. The van der Waals surface area contributed by atoms with Crippen LogP contribution >= 0.6 is 0 Å². The molecule has 0 bridgehead atoms. The molecule has 19 heavy (non-hydrogen) atoms. The highest BCUT2D eigenvalue weighted by Gasteiger charge is 2.15. The monoisotopic (exact) mass is 266 g/mol. The van der Waals surface area contributed by atoms with Crippen molar-refractivity contribution < 1.29 is 9.18 Å². The molecule has 0 saturated heterocycles. The van der Waals surface area contributed by atoms with E-state index in [4.69, 9.17) is 5.73 Å². The highest BCUT2D eigenvalue weighted by atomic mass is 19.1. The zero-order valence-corrected chi connectivity index (χ0v) is 11.9. The van der Waals surface area contributed by atoms with Crippen LogP contribution in [-0.2, 0) is 4.79 Å². The van der Waals surface area contributed by atoms with Gasteiger partial charge in [0.05, 0.1) is 5.69 Å². The molecule has 3 N–H and O–H groups in total. The number of amides is 1. The Labute approximate surface area is 114 Å². The van der Waals surface area contributed by atoms with E-state index in [0.29, 0.717) is 18.9 Å². The van der Waals surface area contributed by atoms with Crippen molar-refractivity contribution in [2.75, 3.05) is 11.9 Å². The van der Waals surface area contributed by atoms with Crippen LogP contribution in [0.25, 0.3) is 0 Å². The highest BCUT2D eigenvalue weighted by molar-refractivity contribution is 5.91. The van der Waals surface area contributed by atoms with Crippen LogP contribution in [-0.4, -0.2) is 12.5 Å². The molecule has 0 spiro atoms. The van der Waals surface area contributed by atoms with Gasteiger partial charge in [-0.1, -0.05) is 19.9 Å². The van der Waals surface area contributed by atoms with Gasteiger partial charge in [-0.15, -0.1) is 0 Å². The number of aryl methyl sites for hydroxylation is 1. The number of carbonyl (C=O) groups excluding carboxylic acids is 1.